The molecule has 0 radical (unpaired) electrons. The van der Waals surface area contributed by atoms with Crippen LogP contribution >= 0.6 is 0 Å². The summed E-state index contributed by atoms with van der Waals surface area (Å²) in [4.78, 5) is 0. The van der Waals surface area contributed by atoms with Gasteiger partial charge in [0.2, 0.25) is 0 Å². The van der Waals surface area contributed by atoms with Crippen LogP contribution < -0.4 is 0 Å². The van der Waals surface area contributed by atoms with Gasteiger partial charge in [-0.1, -0.05) is 30.3 Å². The van der Waals surface area contributed by atoms with Crippen LogP contribution in [0.5, 0.6) is 0 Å². The van der Waals surface area contributed by atoms with Crippen molar-refractivity contribution < 1.29 is 18.6 Å². The zero-order valence-corrected chi connectivity index (χ0v) is 11.1. The van der Waals surface area contributed by atoms with Gasteiger partial charge in [0.05, 0.1) is 13.2 Å². The van der Waals surface area contributed by atoms with Crippen molar-refractivity contribution in [1.29, 1.82) is 0 Å². The van der Waals surface area contributed by atoms with Crippen molar-refractivity contribution in [3.05, 3.63) is 35.9 Å². The SMILES string of the molecule is FCC(COCc1ccccc1)OC1CCCCO1. The van der Waals surface area contributed by atoms with Crippen LogP contribution in [0.2, 0.25) is 0 Å². The summed E-state index contributed by atoms with van der Waals surface area (Å²) in [6.07, 6.45) is 2.18. The second kappa shape index (κ2) is 8.25. The predicted octanol–water partition coefficient (Wildman–Crippen LogP) is 3.08. The first-order valence-electron chi connectivity index (χ1n) is 6.83. The molecule has 1 heterocycles. The van der Waals surface area contributed by atoms with Gasteiger partial charge < -0.3 is 14.2 Å². The molecule has 1 saturated heterocycles. The molecular weight excluding hydrogens is 247 g/mol. The van der Waals surface area contributed by atoms with Crippen LogP contribution in [0.15, 0.2) is 30.3 Å². The number of benzene rings is 1. The second-order valence-electron chi connectivity index (χ2n) is 4.71. The largest absolute Gasteiger partial charge is 0.374 e. The smallest absolute Gasteiger partial charge is 0.158 e. The van der Waals surface area contributed by atoms with Crippen LogP contribution in [-0.2, 0) is 20.8 Å². The van der Waals surface area contributed by atoms with Crippen LogP contribution in [0.25, 0.3) is 0 Å². The molecule has 0 amide bonds. The molecule has 1 aromatic rings. The second-order valence-corrected chi connectivity index (χ2v) is 4.71. The first-order chi connectivity index (χ1) is 9.38. The highest BCUT2D eigenvalue weighted by Crippen LogP contribution is 2.16. The molecule has 4 heteroatoms. The van der Waals surface area contributed by atoms with Gasteiger partial charge in [-0.2, -0.15) is 0 Å². The van der Waals surface area contributed by atoms with E-state index >= 15 is 0 Å². The first-order valence-corrected chi connectivity index (χ1v) is 6.83. The molecule has 19 heavy (non-hydrogen) atoms. The van der Waals surface area contributed by atoms with Crippen LogP contribution in [0.4, 0.5) is 4.39 Å². The Morgan fingerprint density at radius 1 is 1.26 bits per heavy atom. The van der Waals surface area contributed by atoms with Crippen molar-refractivity contribution in [3.8, 4) is 0 Å². The fourth-order valence-electron chi connectivity index (χ4n) is 2.04. The molecular formula is C15H21FO3. The van der Waals surface area contributed by atoms with Gasteiger partial charge in [0.25, 0.3) is 0 Å². The Balaban J connectivity index is 1.67. The molecule has 2 unspecified atom stereocenters. The Morgan fingerprint density at radius 2 is 2.11 bits per heavy atom. The number of halogens is 1. The highest BCUT2D eigenvalue weighted by molar-refractivity contribution is 5.13. The molecule has 0 aromatic heterocycles. The van der Waals surface area contributed by atoms with Crippen molar-refractivity contribution in [2.24, 2.45) is 0 Å². The van der Waals surface area contributed by atoms with E-state index in [1.165, 1.54) is 0 Å². The highest BCUT2D eigenvalue weighted by atomic mass is 19.1. The number of ether oxygens (including phenoxy) is 3. The van der Waals surface area contributed by atoms with Crippen LogP contribution in [0.3, 0.4) is 0 Å². The molecule has 3 nitrogen and oxygen atoms in total. The minimum atomic E-state index is -0.547. The van der Waals surface area contributed by atoms with Crippen molar-refractivity contribution in [2.45, 2.75) is 38.3 Å². The summed E-state index contributed by atoms with van der Waals surface area (Å²) < 4.78 is 29.4. The van der Waals surface area contributed by atoms with E-state index in [-0.39, 0.29) is 12.9 Å². The lowest BCUT2D eigenvalue weighted by atomic mass is 10.2. The van der Waals surface area contributed by atoms with Crippen molar-refractivity contribution in [1.82, 2.24) is 0 Å². The molecule has 0 N–H and O–H groups in total. The Labute approximate surface area is 113 Å². The number of hydrogen-bond donors (Lipinski definition) is 0. The molecule has 106 valence electrons. The summed E-state index contributed by atoms with van der Waals surface area (Å²) in [6, 6.07) is 9.83. The normalized spacial score (nSPS) is 21.2. The lowest BCUT2D eigenvalue weighted by molar-refractivity contribution is -0.201. The molecule has 2 atom stereocenters. The lowest BCUT2D eigenvalue weighted by Crippen LogP contribution is -2.31. The van der Waals surface area contributed by atoms with Gasteiger partial charge in [0, 0.05) is 6.61 Å². The van der Waals surface area contributed by atoms with Gasteiger partial charge in [-0.05, 0) is 24.8 Å². The Morgan fingerprint density at radius 3 is 2.79 bits per heavy atom. The molecule has 1 fully saturated rings. The molecule has 0 aliphatic carbocycles. The zero-order chi connectivity index (χ0) is 13.3. The molecule has 1 aromatic carbocycles. The summed E-state index contributed by atoms with van der Waals surface area (Å²) in [7, 11) is 0. The van der Waals surface area contributed by atoms with Gasteiger partial charge in [-0.25, -0.2) is 4.39 Å². The third-order valence-electron chi connectivity index (χ3n) is 3.07. The summed E-state index contributed by atoms with van der Waals surface area (Å²) in [6.45, 7) is 0.890. The van der Waals surface area contributed by atoms with Crippen molar-refractivity contribution in [2.75, 3.05) is 19.9 Å². The number of hydrogen-bond acceptors (Lipinski definition) is 3. The maximum Gasteiger partial charge on any atom is 0.158 e. The molecule has 0 spiro atoms. The monoisotopic (exact) mass is 268 g/mol. The topological polar surface area (TPSA) is 27.7 Å². The average Bonchev–Trinajstić information content (AvgIpc) is 2.48. The average molecular weight is 268 g/mol. The quantitative estimate of drug-likeness (QED) is 0.760. The van der Waals surface area contributed by atoms with E-state index in [9.17, 15) is 4.39 Å². The lowest BCUT2D eigenvalue weighted by Gasteiger charge is -2.26. The third-order valence-corrected chi connectivity index (χ3v) is 3.07. The van der Waals surface area contributed by atoms with E-state index in [4.69, 9.17) is 14.2 Å². The fourth-order valence-corrected chi connectivity index (χ4v) is 2.04. The van der Waals surface area contributed by atoms with E-state index in [1.54, 1.807) is 0 Å². The fraction of sp³-hybridized carbons (Fsp3) is 0.600. The molecule has 2 rings (SSSR count). The number of rotatable bonds is 7. The summed E-state index contributed by atoms with van der Waals surface area (Å²) in [5.74, 6) is 0. The van der Waals surface area contributed by atoms with Gasteiger partial charge in [-0.3, -0.25) is 0 Å². The van der Waals surface area contributed by atoms with Gasteiger partial charge in [0.1, 0.15) is 12.8 Å². The van der Waals surface area contributed by atoms with Gasteiger partial charge >= 0.3 is 0 Å². The minimum Gasteiger partial charge on any atom is -0.374 e. The number of alkyl halides is 1. The minimum absolute atomic E-state index is 0.255. The molecule has 0 bridgehead atoms. The standard InChI is InChI=1S/C15H21FO3/c16-10-14(19-15-8-4-5-9-18-15)12-17-11-13-6-2-1-3-7-13/h1-3,6-7,14-15H,4-5,8-12H2. The molecule has 1 aliphatic heterocycles. The van der Waals surface area contributed by atoms with Crippen molar-refractivity contribution >= 4 is 0 Å². The van der Waals surface area contributed by atoms with Crippen LogP contribution in [0, 0.1) is 0 Å². The predicted molar refractivity (Wildman–Crippen MR) is 70.5 cm³/mol. The summed E-state index contributed by atoms with van der Waals surface area (Å²) >= 11 is 0. The maximum absolute atomic E-state index is 12.9. The van der Waals surface area contributed by atoms with Gasteiger partial charge in [0.15, 0.2) is 6.29 Å². The molecule has 1 aliphatic rings. The van der Waals surface area contributed by atoms with Crippen molar-refractivity contribution in [3.63, 3.8) is 0 Å². The summed E-state index contributed by atoms with van der Waals surface area (Å²) in [5, 5.41) is 0. The van der Waals surface area contributed by atoms with E-state index in [0.717, 1.165) is 24.8 Å². The Bertz CT molecular complexity index is 339. The highest BCUT2D eigenvalue weighted by Gasteiger charge is 2.19. The van der Waals surface area contributed by atoms with E-state index in [1.807, 2.05) is 30.3 Å². The Hall–Kier alpha value is -0.970. The van der Waals surface area contributed by atoms with E-state index in [0.29, 0.717) is 13.2 Å². The summed E-state index contributed by atoms with van der Waals surface area (Å²) in [5.41, 5.74) is 1.08. The first kappa shape index (κ1) is 14.4. The van der Waals surface area contributed by atoms with Crippen LogP contribution in [0.1, 0.15) is 24.8 Å². The Kier molecular flexibility index (Phi) is 6.27. The maximum atomic E-state index is 12.9. The van der Waals surface area contributed by atoms with E-state index in [2.05, 4.69) is 0 Å². The zero-order valence-electron chi connectivity index (χ0n) is 11.1. The van der Waals surface area contributed by atoms with E-state index < -0.39 is 12.8 Å². The molecule has 0 saturated carbocycles. The van der Waals surface area contributed by atoms with Gasteiger partial charge in [-0.15, -0.1) is 0 Å². The van der Waals surface area contributed by atoms with Crippen LogP contribution in [-0.4, -0.2) is 32.3 Å². The third kappa shape index (κ3) is 5.27.